The normalized spacial score (nSPS) is 23.4. The van der Waals surface area contributed by atoms with Crippen molar-refractivity contribution < 1.29 is 4.74 Å². The van der Waals surface area contributed by atoms with Gasteiger partial charge in [0.2, 0.25) is 0 Å². The molecule has 2 heteroatoms. The Morgan fingerprint density at radius 2 is 2.17 bits per heavy atom. The minimum atomic E-state index is 0.686. The van der Waals surface area contributed by atoms with Crippen molar-refractivity contribution in [2.75, 3.05) is 26.2 Å². The van der Waals surface area contributed by atoms with Gasteiger partial charge in [-0.25, -0.2) is 0 Å². The number of hydrogen-bond acceptors (Lipinski definition) is 2. The summed E-state index contributed by atoms with van der Waals surface area (Å²) in [6, 6.07) is 8.45. The highest BCUT2D eigenvalue weighted by molar-refractivity contribution is 5.35. The van der Waals surface area contributed by atoms with Crippen LogP contribution in [-0.4, -0.2) is 31.1 Å². The molecule has 0 spiro atoms. The van der Waals surface area contributed by atoms with Crippen molar-refractivity contribution in [1.82, 2.24) is 4.90 Å². The Balaban J connectivity index is 1.52. The highest BCUT2D eigenvalue weighted by Gasteiger charge is 2.20. The molecule has 0 aromatic heterocycles. The summed E-state index contributed by atoms with van der Waals surface area (Å²) in [6.07, 6.45) is 8.22. The van der Waals surface area contributed by atoms with E-state index in [0.29, 0.717) is 5.92 Å². The minimum Gasteiger partial charge on any atom is -0.493 e. The van der Waals surface area contributed by atoms with E-state index in [2.05, 4.69) is 41.3 Å². The number of rotatable bonds is 3. The van der Waals surface area contributed by atoms with Gasteiger partial charge < -0.3 is 4.74 Å². The van der Waals surface area contributed by atoms with Crippen LogP contribution in [0.15, 0.2) is 36.4 Å². The van der Waals surface area contributed by atoms with E-state index in [9.17, 15) is 0 Å². The van der Waals surface area contributed by atoms with Crippen LogP contribution in [0.4, 0.5) is 0 Å². The van der Waals surface area contributed by atoms with Crippen LogP contribution < -0.4 is 4.74 Å². The zero-order valence-corrected chi connectivity index (χ0v) is 10.8. The molecule has 18 heavy (non-hydrogen) atoms. The summed E-state index contributed by atoms with van der Waals surface area (Å²) in [5.41, 5.74) is 1.38. The monoisotopic (exact) mass is 243 g/mol. The minimum absolute atomic E-state index is 0.686. The Bertz CT molecular complexity index is 427. The van der Waals surface area contributed by atoms with Gasteiger partial charge in [-0.2, -0.15) is 0 Å². The van der Waals surface area contributed by atoms with Gasteiger partial charge in [-0.05, 0) is 43.4 Å². The standard InChI is InChI=1S/C16H21NO/c1-4-9-17(10-5-1)11-8-14-12-15-6-2-3-7-16(15)18-13-14/h1-4,6-7,14H,5,8-13H2. The molecule has 0 bridgehead atoms. The van der Waals surface area contributed by atoms with E-state index in [-0.39, 0.29) is 0 Å². The topological polar surface area (TPSA) is 12.5 Å². The molecule has 0 radical (unpaired) electrons. The van der Waals surface area contributed by atoms with Gasteiger partial charge in [0.1, 0.15) is 5.75 Å². The van der Waals surface area contributed by atoms with Gasteiger partial charge in [0, 0.05) is 13.1 Å². The molecule has 1 aromatic carbocycles. The molecule has 0 N–H and O–H groups in total. The van der Waals surface area contributed by atoms with Gasteiger partial charge in [-0.3, -0.25) is 4.90 Å². The molecule has 2 heterocycles. The Labute approximate surface area is 109 Å². The van der Waals surface area contributed by atoms with Crippen LogP contribution in [0, 0.1) is 5.92 Å². The molecule has 3 rings (SSSR count). The third-order valence-electron chi connectivity index (χ3n) is 3.95. The molecule has 0 aliphatic carbocycles. The number of para-hydroxylation sites is 1. The first-order valence-corrected chi connectivity index (χ1v) is 7.00. The highest BCUT2D eigenvalue weighted by Crippen LogP contribution is 2.28. The number of benzene rings is 1. The second-order valence-electron chi connectivity index (χ2n) is 5.34. The van der Waals surface area contributed by atoms with E-state index in [1.54, 1.807) is 0 Å². The quantitative estimate of drug-likeness (QED) is 0.757. The maximum Gasteiger partial charge on any atom is 0.122 e. The fraction of sp³-hybridized carbons (Fsp3) is 0.500. The van der Waals surface area contributed by atoms with E-state index in [1.807, 2.05) is 0 Å². The van der Waals surface area contributed by atoms with Gasteiger partial charge >= 0.3 is 0 Å². The summed E-state index contributed by atoms with van der Waals surface area (Å²) in [5.74, 6) is 1.78. The zero-order valence-electron chi connectivity index (χ0n) is 10.8. The lowest BCUT2D eigenvalue weighted by Gasteiger charge is -2.28. The van der Waals surface area contributed by atoms with Crippen molar-refractivity contribution in [1.29, 1.82) is 0 Å². The van der Waals surface area contributed by atoms with Crippen LogP contribution >= 0.6 is 0 Å². The predicted octanol–water partition coefficient (Wildman–Crippen LogP) is 2.89. The molecule has 0 fully saturated rings. The average Bonchev–Trinajstić information content (AvgIpc) is 2.46. The summed E-state index contributed by atoms with van der Waals surface area (Å²) >= 11 is 0. The SMILES string of the molecule is C1=CCN(CCC2COc3ccccc3C2)CC1. The first-order chi connectivity index (χ1) is 8.92. The van der Waals surface area contributed by atoms with Gasteiger partial charge in [-0.15, -0.1) is 0 Å². The second kappa shape index (κ2) is 5.57. The number of ether oxygens (including phenoxy) is 1. The van der Waals surface area contributed by atoms with Crippen LogP contribution in [0.1, 0.15) is 18.4 Å². The lowest BCUT2D eigenvalue weighted by Crippen LogP contribution is -2.31. The van der Waals surface area contributed by atoms with Crippen molar-refractivity contribution >= 4 is 0 Å². The molecule has 1 unspecified atom stereocenters. The molecule has 96 valence electrons. The first-order valence-electron chi connectivity index (χ1n) is 7.00. The summed E-state index contributed by atoms with van der Waals surface area (Å²) in [4.78, 5) is 2.54. The van der Waals surface area contributed by atoms with Crippen LogP contribution in [0.3, 0.4) is 0 Å². The number of hydrogen-bond donors (Lipinski definition) is 0. The van der Waals surface area contributed by atoms with E-state index < -0.39 is 0 Å². The van der Waals surface area contributed by atoms with Gasteiger partial charge in [0.05, 0.1) is 6.61 Å². The van der Waals surface area contributed by atoms with Crippen molar-refractivity contribution in [3.05, 3.63) is 42.0 Å². The maximum atomic E-state index is 5.84. The molecule has 2 nitrogen and oxygen atoms in total. The number of nitrogens with zero attached hydrogens (tertiary/aromatic N) is 1. The molecule has 2 aliphatic rings. The molecule has 1 aromatic rings. The van der Waals surface area contributed by atoms with Crippen molar-refractivity contribution in [3.63, 3.8) is 0 Å². The van der Waals surface area contributed by atoms with Crippen LogP contribution in [0.25, 0.3) is 0 Å². The molecule has 0 saturated heterocycles. The summed E-state index contributed by atoms with van der Waals surface area (Å²) in [7, 11) is 0. The lowest BCUT2D eigenvalue weighted by atomic mass is 9.94. The largest absolute Gasteiger partial charge is 0.493 e. The molecule has 0 saturated carbocycles. The lowest BCUT2D eigenvalue weighted by molar-refractivity contribution is 0.190. The summed E-state index contributed by atoms with van der Waals surface area (Å²) in [6.45, 7) is 4.45. The van der Waals surface area contributed by atoms with Crippen LogP contribution in [0.2, 0.25) is 0 Å². The zero-order chi connectivity index (χ0) is 12.2. The van der Waals surface area contributed by atoms with Crippen LogP contribution in [-0.2, 0) is 6.42 Å². The summed E-state index contributed by atoms with van der Waals surface area (Å²) in [5, 5.41) is 0. The van der Waals surface area contributed by atoms with E-state index in [1.165, 1.54) is 37.9 Å². The Kier molecular flexibility index (Phi) is 3.65. The highest BCUT2D eigenvalue weighted by atomic mass is 16.5. The molecule has 1 atom stereocenters. The third kappa shape index (κ3) is 2.75. The van der Waals surface area contributed by atoms with Crippen molar-refractivity contribution in [2.45, 2.75) is 19.3 Å². The molecule has 2 aliphatic heterocycles. The van der Waals surface area contributed by atoms with Gasteiger partial charge in [0.25, 0.3) is 0 Å². The Morgan fingerprint density at radius 1 is 1.22 bits per heavy atom. The predicted molar refractivity (Wildman–Crippen MR) is 73.9 cm³/mol. The van der Waals surface area contributed by atoms with Crippen molar-refractivity contribution in [2.24, 2.45) is 5.92 Å². The number of fused-ring (bicyclic) bond motifs is 1. The summed E-state index contributed by atoms with van der Waals surface area (Å²) < 4.78 is 5.84. The van der Waals surface area contributed by atoms with Crippen molar-refractivity contribution in [3.8, 4) is 5.75 Å². The van der Waals surface area contributed by atoms with Gasteiger partial charge in [0.15, 0.2) is 0 Å². The smallest absolute Gasteiger partial charge is 0.122 e. The second-order valence-corrected chi connectivity index (χ2v) is 5.34. The average molecular weight is 243 g/mol. The Morgan fingerprint density at radius 3 is 3.06 bits per heavy atom. The maximum absolute atomic E-state index is 5.84. The molecule has 0 amide bonds. The van der Waals surface area contributed by atoms with Gasteiger partial charge in [-0.1, -0.05) is 30.4 Å². The fourth-order valence-corrected chi connectivity index (χ4v) is 2.83. The third-order valence-corrected chi connectivity index (χ3v) is 3.95. The fourth-order valence-electron chi connectivity index (χ4n) is 2.83. The Hall–Kier alpha value is -1.28. The van der Waals surface area contributed by atoms with E-state index >= 15 is 0 Å². The van der Waals surface area contributed by atoms with E-state index in [4.69, 9.17) is 4.74 Å². The molecular formula is C16H21NO. The molecular weight excluding hydrogens is 222 g/mol. The van der Waals surface area contributed by atoms with E-state index in [0.717, 1.165) is 18.9 Å². The van der Waals surface area contributed by atoms with Crippen LogP contribution in [0.5, 0.6) is 5.75 Å². The first kappa shape index (κ1) is 11.8.